The fourth-order valence-electron chi connectivity index (χ4n) is 4.06. The summed E-state index contributed by atoms with van der Waals surface area (Å²) in [5.74, 6) is 0.780. The van der Waals surface area contributed by atoms with E-state index in [1.165, 1.54) is 0 Å². The number of likely N-dealkylation sites (tertiary alicyclic amines) is 1. The highest BCUT2D eigenvalue weighted by molar-refractivity contribution is 6.33. The van der Waals surface area contributed by atoms with Crippen molar-refractivity contribution < 1.29 is 14.3 Å². The molecule has 8 heteroatoms. The Kier molecular flexibility index (Phi) is 5.99. The van der Waals surface area contributed by atoms with Gasteiger partial charge in [-0.3, -0.25) is 4.79 Å². The van der Waals surface area contributed by atoms with E-state index in [9.17, 15) is 9.59 Å². The molecule has 158 valence electrons. The molecule has 3 amide bonds. The smallest absolute Gasteiger partial charge is 0.322 e. The quantitative estimate of drug-likeness (QED) is 0.779. The second kappa shape index (κ2) is 8.83. The Morgan fingerprint density at radius 1 is 1.20 bits per heavy atom. The number of rotatable bonds is 4. The fourth-order valence-corrected chi connectivity index (χ4v) is 4.36. The van der Waals surface area contributed by atoms with Crippen LogP contribution in [0.2, 0.25) is 5.02 Å². The first kappa shape index (κ1) is 20.3. The molecule has 1 unspecified atom stereocenters. The molecule has 2 aliphatic rings. The number of halogens is 1. The molecule has 0 bridgehead atoms. The van der Waals surface area contributed by atoms with Crippen LogP contribution < -0.4 is 20.3 Å². The number of amides is 3. The Bertz CT molecular complexity index is 934. The molecule has 2 aromatic carbocycles. The lowest BCUT2D eigenvalue weighted by Crippen LogP contribution is -2.47. The number of carbonyl (C=O) groups is 2. The minimum atomic E-state index is -0.144. The topological polar surface area (TPSA) is 73.9 Å². The fraction of sp³-hybridized carbons (Fsp3) is 0.364. The maximum Gasteiger partial charge on any atom is 0.322 e. The highest BCUT2D eigenvalue weighted by Crippen LogP contribution is 2.34. The molecule has 0 saturated carbocycles. The van der Waals surface area contributed by atoms with E-state index < -0.39 is 0 Å². The molecule has 2 N–H and O–H groups in total. The minimum absolute atomic E-state index is 0.0201. The highest BCUT2D eigenvalue weighted by Gasteiger charge is 2.30. The van der Waals surface area contributed by atoms with Crippen LogP contribution in [0.25, 0.3) is 0 Å². The van der Waals surface area contributed by atoms with Crippen molar-refractivity contribution in [3.8, 4) is 5.75 Å². The van der Waals surface area contributed by atoms with E-state index in [2.05, 4.69) is 10.6 Å². The van der Waals surface area contributed by atoms with Gasteiger partial charge < -0.3 is 25.2 Å². The summed E-state index contributed by atoms with van der Waals surface area (Å²) >= 11 is 6.46. The summed E-state index contributed by atoms with van der Waals surface area (Å²) in [4.78, 5) is 28.4. The molecule has 2 heterocycles. The third kappa shape index (κ3) is 4.31. The van der Waals surface area contributed by atoms with Gasteiger partial charge in [0, 0.05) is 25.3 Å². The molecular formula is C22H25ClN4O3. The van der Waals surface area contributed by atoms with Crippen molar-refractivity contribution in [2.45, 2.75) is 18.9 Å². The largest absolute Gasteiger partial charge is 0.497 e. The van der Waals surface area contributed by atoms with E-state index in [-0.39, 0.29) is 24.5 Å². The Morgan fingerprint density at radius 3 is 2.70 bits per heavy atom. The molecule has 7 nitrogen and oxygen atoms in total. The van der Waals surface area contributed by atoms with Crippen LogP contribution in [0.3, 0.4) is 0 Å². The lowest BCUT2D eigenvalue weighted by Gasteiger charge is -2.29. The van der Waals surface area contributed by atoms with Crippen LogP contribution in [0.15, 0.2) is 42.5 Å². The average molecular weight is 429 g/mol. The van der Waals surface area contributed by atoms with Crippen LogP contribution in [0.5, 0.6) is 5.75 Å². The number of methoxy groups -OCH3 is 1. The van der Waals surface area contributed by atoms with Crippen LogP contribution in [0, 0.1) is 0 Å². The van der Waals surface area contributed by atoms with Crippen molar-refractivity contribution in [1.82, 2.24) is 10.2 Å². The maximum atomic E-state index is 12.9. The summed E-state index contributed by atoms with van der Waals surface area (Å²) in [6, 6.07) is 13.2. The number of nitrogens with zero attached hydrogens (tertiary/aromatic N) is 2. The monoisotopic (exact) mass is 428 g/mol. The van der Waals surface area contributed by atoms with E-state index in [1.54, 1.807) is 13.2 Å². The van der Waals surface area contributed by atoms with Crippen LogP contribution in [-0.4, -0.2) is 50.1 Å². The molecule has 2 aromatic rings. The van der Waals surface area contributed by atoms with Crippen molar-refractivity contribution in [2.24, 2.45) is 0 Å². The minimum Gasteiger partial charge on any atom is -0.497 e. The zero-order valence-electron chi connectivity index (χ0n) is 16.9. The van der Waals surface area contributed by atoms with Crippen LogP contribution >= 0.6 is 11.6 Å². The molecule has 4 rings (SSSR count). The summed E-state index contributed by atoms with van der Waals surface area (Å²) in [5, 5.41) is 6.28. The van der Waals surface area contributed by atoms with Gasteiger partial charge in [-0.15, -0.1) is 0 Å². The number of benzene rings is 2. The number of urea groups is 1. The number of hydrogen-bond acceptors (Lipinski definition) is 4. The number of hydrogen-bond donors (Lipinski definition) is 2. The Morgan fingerprint density at radius 2 is 2.00 bits per heavy atom. The van der Waals surface area contributed by atoms with E-state index in [4.69, 9.17) is 16.3 Å². The second-order valence-corrected chi connectivity index (χ2v) is 7.90. The predicted molar refractivity (Wildman–Crippen MR) is 117 cm³/mol. The van der Waals surface area contributed by atoms with Gasteiger partial charge in [0.05, 0.1) is 30.4 Å². The summed E-state index contributed by atoms with van der Waals surface area (Å²) in [5.41, 5.74) is 2.53. The Balaban J connectivity index is 1.45. The van der Waals surface area contributed by atoms with Crippen molar-refractivity contribution >= 4 is 34.9 Å². The normalized spacial score (nSPS) is 18.9. The molecule has 0 radical (unpaired) electrons. The number of piperazine rings is 1. The third-order valence-corrected chi connectivity index (χ3v) is 5.89. The first-order valence-electron chi connectivity index (χ1n) is 10.1. The van der Waals surface area contributed by atoms with Gasteiger partial charge in [-0.05, 0) is 48.7 Å². The zero-order valence-corrected chi connectivity index (χ0v) is 17.6. The van der Waals surface area contributed by atoms with Crippen molar-refractivity contribution in [1.29, 1.82) is 0 Å². The van der Waals surface area contributed by atoms with E-state index in [0.717, 1.165) is 29.8 Å². The molecular weight excluding hydrogens is 404 g/mol. The number of ether oxygens (including phenoxy) is 1. The van der Waals surface area contributed by atoms with E-state index in [1.807, 2.05) is 46.2 Å². The van der Waals surface area contributed by atoms with E-state index in [0.29, 0.717) is 30.3 Å². The molecule has 1 atom stereocenters. The summed E-state index contributed by atoms with van der Waals surface area (Å²) in [6.07, 6.45) is 1.89. The molecule has 2 saturated heterocycles. The summed E-state index contributed by atoms with van der Waals surface area (Å²) in [7, 11) is 1.64. The summed E-state index contributed by atoms with van der Waals surface area (Å²) in [6.45, 7) is 2.28. The standard InChI is InChI=1S/C22H25ClN4O3/c1-30-17-7-4-15(5-8-17)19-3-2-11-27(19)22(29)25-16-6-9-20(18(23)13-16)26-12-10-24-21(28)14-26/h4-9,13,19H,2-3,10-12,14H2,1H3,(H,24,28)(H,25,29). The van der Waals surface area contributed by atoms with E-state index >= 15 is 0 Å². The van der Waals surface area contributed by atoms with Gasteiger partial charge in [0.25, 0.3) is 0 Å². The van der Waals surface area contributed by atoms with Gasteiger partial charge in [0.15, 0.2) is 0 Å². The highest BCUT2D eigenvalue weighted by atomic mass is 35.5. The average Bonchev–Trinajstić information content (AvgIpc) is 3.24. The van der Waals surface area contributed by atoms with Crippen molar-refractivity contribution in [2.75, 3.05) is 43.5 Å². The third-order valence-electron chi connectivity index (χ3n) is 5.59. The van der Waals surface area contributed by atoms with Gasteiger partial charge in [0.1, 0.15) is 5.75 Å². The predicted octanol–water partition coefficient (Wildman–Crippen LogP) is 3.65. The van der Waals surface area contributed by atoms with Gasteiger partial charge >= 0.3 is 6.03 Å². The second-order valence-electron chi connectivity index (χ2n) is 7.49. The number of carbonyl (C=O) groups excluding carboxylic acids is 2. The van der Waals surface area contributed by atoms with Crippen LogP contribution in [0.4, 0.5) is 16.2 Å². The van der Waals surface area contributed by atoms with Gasteiger partial charge in [0.2, 0.25) is 5.91 Å². The van der Waals surface area contributed by atoms with Gasteiger partial charge in [-0.2, -0.15) is 0 Å². The molecule has 2 aliphatic heterocycles. The van der Waals surface area contributed by atoms with Crippen molar-refractivity contribution in [3.63, 3.8) is 0 Å². The van der Waals surface area contributed by atoms with Crippen molar-refractivity contribution in [3.05, 3.63) is 53.1 Å². The molecule has 2 fully saturated rings. The van der Waals surface area contributed by atoms with Gasteiger partial charge in [-0.25, -0.2) is 4.79 Å². The molecule has 0 aromatic heterocycles. The van der Waals surface area contributed by atoms with Gasteiger partial charge in [-0.1, -0.05) is 23.7 Å². The lowest BCUT2D eigenvalue weighted by atomic mass is 10.0. The Hall–Kier alpha value is -2.93. The molecule has 0 aliphatic carbocycles. The molecule has 0 spiro atoms. The summed E-state index contributed by atoms with van der Waals surface area (Å²) < 4.78 is 5.22. The van der Waals surface area contributed by atoms with Crippen LogP contribution in [-0.2, 0) is 4.79 Å². The lowest BCUT2D eigenvalue weighted by molar-refractivity contribution is -0.120. The first-order chi connectivity index (χ1) is 14.5. The molecule has 30 heavy (non-hydrogen) atoms. The zero-order chi connectivity index (χ0) is 21.1. The first-order valence-corrected chi connectivity index (χ1v) is 10.5. The SMILES string of the molecule is COc1ccc(C2CCCN2C(=O)Nc2ccc(N3CCNC(=O)C3)c(Cl)c2)cc1. The number of anilines is 2. The maximum absolute atomic E-state index is 12.9. The Labute approximate surface area is 180 Å². The number of nitrogens with one attached hydrogen (secondary N) is 2. The van der Waals surface area contributed by atoms with Crippen LogP contribution in [0.1, 0.15) is 24.4 Å².